The first kappa shape index (κ1) is 17.3. The second-order valence-corrected chi connectivity index (χ2v) is 5.30. The van der Waals surface area contributed by atoms with Crippen molar-refractivity contribution >= 4 is 34.2 Å². The monoisotopic (exact) mass is 372 g/mol. The normalized spacial score (nSPS) is 20.3. The molecule has 3 nitrogen and oxygen atoms in total. The Hall–Kier alpha value is -0.790. The molecule has 112 valence electrons. The van der Waals surface area contributed by atoms with Gasteiger partial charge >= 0.3 is 0 Å². The minimum absolute atomic E-state index is 0. The number of hydrogen-bond donors (Lipinski definition) is 2. The summed E-state index contributed by atoms with van der Waals surface area (Å²) >= 11 is 3.17. The minimum atomic E-state index is -2.83. The number of amides is 1. The van der Waals surface area contributed by atoms with Crippen LogP contribution in [0, 0.1) is 5.82 Å². The first-order valence-corrected chi connectivity index (χ1v) is 6.49. The molecule has 0 bridgehead atoms. The summed E-state index contributed by atoms with van der Waals surface area (Å²) in [5.74, 6) is -3.70. The van der Waals surface area contributed by atoms with Crippen molar-refractivity contribution in [1.29, 1.82) is 0 Å². The highest BCUT2D eigenvalue weighted by Crippen LogP contribution is 2.25. The maximum atomic E-state index is 12.9. The highest BCUT2D eigenvalue weighted by Gasteiger charge is 2.42. The highest BCUT2D eigenvalue weighted by molar-refractivity contribution is 9.10. The molecule has 1 fully saturated rings. The van der Waals surface area contributed by atoms with Gasteiger partial charge in [0.2, 0.25) is 5.91 Å². The van der Waals surface area contributed by atoms with E-state index in [4.69, 9.17) is 0 Å². The summed E-state index contributed by atoms with van der Waals surface area (Å²) in [5, 5.41) is 5.02. The molecule has 0 radical (unpaired) electrons. The molecule has 1 saturated heterocycles. The number of nitrogens with one attached hydrogen (secondary N) is 2. The number of carbonyl (C=O) groups excluding carboxylic acids is 1. The van der Waals surface area contributed by atoms with Crippen molar-refractivity contribution in [3.63, 3.8) is 0 Å². The Morgan fingerprint density at radius 2 is 2.20 bits per heavy atom. The number of hydrogen-bond acceptors (Lipinski definition) is 2. The third-order valence-electron chi connectivity index (χ3n) is 2.89. The van der Waals surface area contributed by atoms with Gasteiger partial charge in [0.1, 0.15) is 5.82 Å². The maximum absolute atomic E-state index is 12.9. The van der Waals surface area contributed by atoms with Gasteiger partial charge in [0.15, 0.2) is 0 Å². The van der Waals surface area contributed by atoms with Crippen LogP contribution in [0.15, 0.2) is 22.7 Å². The van der Waals surface area contributed by atoms with Crippen molar-refractivity contribution in [2.45, 2.75) is 24.9 Å². The molecule has 2 N–H and O–H groups in total. The fourth-order valence-corrected chi connectivity index (χ4v) is 2.36. The van der Waals surface area contributed by atoms with E-state index < -0.39 is 30.8 Å². The summed E-state index contributed by atoms with van der Waals surface area (Å²) in [7, 11) is 0. The van der Waals surface area contributed by atoms with Crippen molar-refractivity contribution in [3.8, 4) is 0 Å². The first-order valence-electron chi connectivity index (χ1n) is 5.70. The van der Waals surface area contributed by atoms with Gasteiger partial charge in [0.25, 0.3) is 5.92 Å². The van der Waals surface area contributed by atoms with E-state index in [0.717, 1.165) is 0 Å². The van der Waals surface area contributed by atoms with Gasteiger partial charge in [0, 0.05) is 17.4 Å². The molecule has 2 rings (SSSR count). The lowest BCUT2D eigenvalue weighted by atomic mass is 10.1. The first-order chi connectivity index (χ1) is 8.87. The van der Waals surface area contributed by atoms with E-state index in [1.54, 1.807) is 0 Å². The molecule has 20 heavy (non-hydrogen) atoms. The van der Waals surface area contributed by atoms with Crippen LogP contribution < -0.4 is 10.6 Å². The molecule has 1 aromatic carbocycles. The van der Waals surface area contributed by atoms with Crippen LogP contribution in [-0.2, 0) is 11.3 Å². The van der Waals surface area contributed by atoms with Crippen LogP contribution in [-0.4, -0.2) is 24.4 Å². The molecule has 0 saturated carbocycles. The molecule has 1 unspecified atom stereocenters. The predicted octanol–water partition coefficient (Wildman–Crippen LogP) is 2.62. The second-order valence-electron chi connectivity index (χ2n) is 4.45. The number of halogens is 5. The quantitative estimate of drug-likeness (QED) is 0.855. The van der Waals surface area contributed by atoms with Gasteiger partial charge in [-0.15, -0.1) is 12.4 Å². The van der Waals surface area contributed by atoms with E-state index in [-0.39, 0.29) is 24.8 Å². The topological polar surface area (TPSA) is 41.1 Å². The molecule has 0 aliphatic carbocycles. The summed E-state index contributed by atoms with van der Waals surface area (Å²) in [4.78, 5) is 11.7. The summed E-state index contributed by atoms with van der Waals surface area (Å²) in [6.07, 6.45) is -0.497. The Morgan fingerprint density at radius 3 is 2.75 bits per heavy atom. The second kappa shape index (κ2) is 6.78. The third-order valence-corrected chi connectivity index (χ3v) is 3.63. The molecule has 1 aliphatic rings. The van der Waals surface area contributed by atoms with Gasteiger partial charge < -0.3 is 5.32 Å². The van der Waals surface area contributed by atoms with E-state index in [0.29, 0.717) is 10.0 Å². The molecule has 1 atom stereocenters. The zero-order valence-electron chi connectivity index (χ0n) is 10.3. The number of carbonyl (C=O) groups is 1. The Labute approximate surface area is 128 Å². The molecule has 1 aliphatic heterocycles. The Morgan fingerprint density at radius 1 is 1.50 bits per heavy atom. The van der Waals surface area contributed by atoms with Crippen LogP contribution in [0.25, 0.3) is 0 Å². The van der Waals surface area contributed by atoms with Gasteiger partial charge in [-0.3, -0.25) is 10.1 Å². The van der Waals surface area contributed by atoms with Gasteiger partial charge in [-0.2, -0.15) is 0 Å². The van der Waals surface area contributed by atoms with Gasteiger partial charge in [-0.1, -0.05) is 22.0 Å². The largest absolute Gasteiger partial charge is 0.351 e. The van der Waals surface area contributed by atoms with Crippen molar-refractivity contribution in [2.75, 3.05) is 6.54 Å². The van der Waals surface area contributed by atoms with E-state index in [1.807, 2.05) is 0 Å². The van der Waals surface area contributed by atoms with Gasteiger partial charge in [0.05, 0.1) is 12.6 Å². The summed E-state index contributed by atoms with van der Waals surface area (Å²) in [6, 6.07) is 3.20. The molecule has 8 heteroatoms. The van der Waals surface area contributed by atoms with Crippen molar-refractivity contribution < 1.29 is 18.0 Å². The van der Waals surface area contributed by atoms with Crippen molar-refractivity contribution in [2.24, 2.45) is 0 Å². The summed E-state index contributed by atoms with van der Waals surface area (Å²) in [6.45, 7) is -0.325. The molecular formula is C12H13BrClF3N2O. The number of alkyl halides is 2. The fraction of sp³-hybridized carbons (Fsp3) is 0.417. The van der Waals surface area contributed by atoms with Gasteiger partial charge in [-0.25, -0.2) is 13.2 Å². The van der Waals surface area contributed by atoms with Crippen LogP contribution >= 0.6 is 28.3 Å². The Bertz CT molecular complexity index is 502. The molecule has 0 aromatic heterocycles. The summed E-state index contributed by atoms with van der Waals surface area (Å²) < 4.78 is 39.3. The SMILES string of the molecule is Cl.O=C(NCc1ccc(F)cc1Br)C1CC(F)(F)CN1. The standard InChI is InChI=1S/C12H12BrF3N2O.ClH/c13-9-3-8(14)2-1-7(9)5-17-11(19)10-4-12(15,16)6-18-10;/h1-3,10,18H,4-6H2,(H,17,19);1H. The van der Waals surface area contributed by atoms with Crippen LogP contribution in [0.1, 0.15) is 12.0 Å². The fourth-order valence-electron chi connectivity index (χ4n) is 1.87. The van der Waals surface area contributed by atoms with Crippen molar-refractivity contribution in [3.05, 3.63) is 34.1 Å². The smallest absolute Gasteiger partial charge is 0.262 e. The van der Waals surface area contributed by atoms with Crippen molar-refractivity contribution in [1.82, 2.24) is 10.6 Å². The van der Waals surface area contributed by atoms with Crippen LogP contribution in [0.3, 0.4) is 0 Å². The summed E-state index contributed by atoms with van der Waals surface area (Å²) in [5.41, 5.74) is 0.680. The zero-order chi connectivity index (χ0) is 14.0. The van der Waals surface area contributed by atoms with Gasteiger partial charge in [-0.05, 0) is 17.7 Å². The molecular weight excluding hydrogens is 360 g/mol. The Kier molecular flexibility index (Phi) is 5.85. The van der Waals surface area contributed by atoms with E-state index in [2.05, 4.69) is 26.6 Å². The minimum Gasteiger partial charge on any atom is -0.351 e. The zero-order valence-corrected chi connectivity index (χ0v) is 12.7. The number of benzene rings is 1. The van der Waals surface area contributed by atoms with E-state index in [9.17, 15) is 18.0 Å². The van der Waals surface area contributed by atoms with Crippen LogP contribution in [0.4, 0.5) is 13.2 Å². The average Bonchev–Trinajstić information content (AvgIpc) is 2.68. The van der Waals surface area contributed by atoms with Crippen LogP contribution in [0.2, 0.25) is 0 Å². The lowest BCUT2D eigenvalue weighted by Gasteiger charge is -2.12. The predicted molar refractivity (Wildman–Crippen MR) is 74.5 cm³/mol. The van der Waals surface area contributed by atoms with E-state index in [1.165, 1.54) is 18.2 Å². The highest BCUT2D eigenvalue weighted by atomic mass is 79.9. The lowest BCUT2D eigenvalue weighted by Crippen LogP contribution is -2.40. The van der Waals surface area contributed by atoms with Crippen LogP contribution in [0.5, 0.6) is 0 Å². The average molecular weight is 374 g/mol. The lowest BCUT2D eigenvalue weighted by molar-refractivity contribution is -0.123. The molecule has 1 amide bonds. The third kappa shape index (κ3) is 4.36. The molecule has 1 aromatic rings. The maximum Gasteiger partial charge on any atom is 0.262 e. The molecule has 0 spiro atoms. The van der Waals surface area contributed by atoms with E-state index >= 15 is 0 Å². The number of rotatable bonds is 3. The molecule has 1 heterocycles. The Balaban J connectivity index is 0.00000200.